The minimum absolute atomic E-state index is 0.102. The van der Waals surface area contributed by atoms with Crippen LogP contribution in [0.25, 0.3) is 10.1 Å². The fourth-order valence-corrected chi connectivity index (χ4v) is 3.09. The number of hydrogen-bond acceptors (Lipinski definition) is 3. The van der Waals surface area contributed by atoms with E-state index in [1.807, 2.05) is 6.92 Å². The highest BCUT2D eigenvalue weighted by atomic mass is 32.1. The number of nitrogens with one attached hydrogen (secondary N) is 1. The summed E-state index contributed by atoms with van der Waals surface area (Å²) in [5.74, 6) is -2.15. The van der Waals surface area contributed by atoms with E-state index >= 15 is 0 Å². The summed E-state index contributed by atoms with van der Waals surface area (Å²) >= 11 is 1.19. The highest BCUT2D eigenvalue weighted by molar-refractivity contribution is 7.20. The van der Waals surface area contributed by atoms with Gasteiger partial charge in [-0.15, -0.1) is 11.3 Å². The molecule has 0 aliphatic rings. The summed E-state index contributed by atoms with van der Waals surface area (Å²) in [5.41, 5.74) is 0. The predicted molar refractivity (Wildman–Crippen MR) is 80.2 cm³/mol. The molecule has 0 aliphatic carbocycles. The zero-order chi connectivity index (χ0) is 15.4. The van der Waals surface area contributed by atoms with Crippen LogP contribution in [0, 0.1) is 11.7 Å². The fourth-order valence-electron chi connectivity index (χ4n) is 2.08. The second-order valence-electron chi connectivity index (χ2n) is 4.83. The van der Waals surface area contributed by atoms with Gasteiger partial charge in [0.15, 0.2) is 0 Å². The maximum absolute atomic E-state index is 13.1. The number of thiophene rings is 1. The van der Waals surface area contributed by atoms with Gasteiger partial charge in [0, 0.05) is 11.2 Å². The zero-order valence-corrected chi connectivity index (χ0v) is 12.4. The minimum Gasteiger partial charge on any atom is -0.481 e. The summed E-state index contributed by atoms with van der Waals surface area (Å²) in [6, 6.07) is 6.03. The third-order valence-electron chi connectivity index (χ3n) is 3.20. The van der Waals surface area contributed by atoms with Gasteiger partial charge in [-0.3, -0.25) is 9.59 Å². The molecule has 2 rings (SSSR count). The van der Waals surface area contributed by atoms with Crippen LogP contribution in [0.3, 0.4) is 0 Å². The first-order valence-corrected chi connectivity index (χ1v) is 7.53. The van der Waals surface area contributed by atoms with Crippen LogP contribution >= 0.6 is 11.3 Å². The Balaban J connectivity index is 2.06. The van der Waals surface area contributed by atoms with Gasteiger partial charge < -0.3 is 10.4 Å². The molecule has 1 aromatic carbocycles. The summed E-state index contributed by atoms with van der Waals surface area (Å²) in [6.07, 6.45) is 1.27. The van der Waals surface area contributed by atoms with E-state index in [2.05, 4.69) is 5.32 Å². The first kappa shape index (κ1) is 15.4. The molecule has 0 fully saturated rings. The van der Waals surface area contributed by atoms with E-state index in [0.717, 1.165) is 11.8 Å². The van der Waals surface area contributed by atoms with Gasteiger partial charge in [0.25, 0.3) is 5.91 Å². The van der Waals surface area contributed by atoms with Crippen LogP contribution in [-0.4, -0.2) is 23.5 Å². The summed E-state index contributed by atoms with van der Waals surface area (Å²) < 4.78 is 13.8. The highest BCUT2D eigenvalue weighted by Crippen LogP contribution is 2.26. The third kappa shape index (κ3) is 3.78. The lowest BCUT2D eigenvalue weighted by Crippen LogP contribution is -2.32. The molecular weight excluding hydrogens is 293 g/mol. The lowest BCUT2D eigenvalue weighted by molar-refractivity contribution is -0.141. The van der Waals surface area contributed by atoms with Crippen LogP contribution in [0.1, 0.15) is 29.4 Å². The summed E-state index contributed by atoms with van der Waals surface area (Å²) in [5, 5.41) is 12.5. The number of aliphatic carboxylic acids is 1. The molecular formula is C15H16FNO3S. The van der Waals surface area contributed by atoms with Crippen LogP contribution in [-0.2, 0) is 4.79 Å². The SMILES string of the molecule is CCCC(CNC(=O)c1cc2ccc(F)cc2s1)C(=O)O. The van der Waals surface area contributed by atoms with Crippen molar-refractivity contribution in [2.24, 2.45) is 5.92 Å². The third-order valence-corrected chi connectivity index (χ3v) is 4.30. The van der Waals surface area contributed by atoms with Crippen LogP contribution in [0.2, 0.25) is 0 Å². The fraction of sp³-hybridized carbons (Fsp3) is 0.333. The Hall–Kier alpha value is -1.95. The molecule has 0 saturated heterocycles. The van der Waals surface area contributed by atoms with Crippen LogP contribution in [0.15, 0.2) is 24.3 Å². The Labute approximate surface area is 125 Å². The van der Waals surface area contributed by atoms with Gasteiger partial charge in [-0.2, -0.15) is 0 Å². The van der Waals surface area contributed by atoms with Crippen molar-refractivity contribution in [2.45, 2.75) is 19.8 Å². The van der Waals surface area contributed by atoms with E-state index in [-0.39, 0.29) is 18.3 Å². The highest BCUT2D eigenvalue weighted by Gasteiger charge is 2.18. The maximum Gasteiger partial charge on any atom is 0.308 e. The molecule has 2 aromatic rings. The van der Waals surface area contributed by atoms with Gasteiger partial charge in [0.2, 0.25) is 0 Å². The smallest absolute Gasteiger partial charge is 0.308 e. The Bertz CT molecular complexity index is 668. The van der Waals surface area contributed by atoms with Crippen LogP contribution in [0.4, 0.5) is 4.39 Å². The number of amides is 1. The van der Waals surface area contributed by atoms with Crippen molar-refractivity contribution < 1.29 is 19.1 Å². The number of carboxylic acids is 1. The van der Waals surface area contributed by atoms with Crippen molar-refractivity contribution in [1.82, 2.24) is 5.32 Å². The van der Waals surface area contributed by atoms with Crippen molar-refractivity contribution in [3.63, 3.8) is 0 Å². The molecule has 4 nitrogen and oxygen atoms in total. The first-order valence-electron chi connectivity index (χ1n) is 6.71. The van der Waals surface area contributed by atoms with Crippen LogP contribution < -0.4 is 5.32 Å². The van der Waals surface area contributed by atoms with E-state index in [1.165, 1.54) is 23.5 Å². The number of carbonyl (C=O) groups is 2. The largest absolute Gasteiger partial charge is 0.481 e. The molecule has 0 aliphatic heterocycles. The Morgan fingerprint density at radius 1 is 1.38 bits per heavy atom. The molecule has 0 saturated carbocycles. The van der Waals surface area contributed by atoms with Crippen molar-refractivity contribution >= 4 is 33.3 Å². The van der Waals surface area contributed by atoms with E-state index in [0.29, 0.717) is 16.0 Å². The van der Waals surface area contributed by atoms with Crippen molar-refractivity contribution in [3.8, 4) is 0 Å². The summed E-state index contributed by atoms with van der Waals surface area (Å²) in [6.45, 7) is 2.00. The van der Waals surface area contributed by atoms with Crippen molar-refractivity contribution in [3.05, 3.63) is 35.0 Å². The predicted octanol–water partition coefficient (Wildman–Crippen LogP) is 3.27. The molecule has 1 heterocycles. The minimum atomic E-state index is -0.907. The topological polar surface area (TPSA) is 66.4 Å². The molecule has 21 heavy (non-hydrogen) atoms. The number of carbonyl (C=O) groups excluding carboxylic acids is 1. The first-order chi connectivity index (χ1) is 10.0. The Morgan fingerprint density at radius 2 is 2.14 bits per heavy atom. The number of benzene rings is 1. The van der Waals surface area contributed by atoms with Gasteiger partial charge in [-0.1, -0.05) is 19.4 Å². The number of carboxylic acid groups (broad SMARTS) is 1. The van der Waals surface area contributed by atoms with Gasteiger partial charge in [0.1, 0.15) is 5.82 Å². The van der Waals surface area contributed by atoms with Gasteiger partial charge in [-0.05, 0) is 30.0 Å². The van der Waals surface area contributed by atoms with Gasteiger partial charge in [0.05, 0.1) is 10.8 Å². The standard InChI is InChI=1S/C15H16FNO3S/c1-2-3-10(15(19)20)8-17-14(18)13-6-9-4-5-11(16)7-12(9)21-13/h4-7,10H,2-3,8H2,1H3,(H,17,18)(H,19,20). The molecule has 1 atom stereocenters. The monoisotopic (exact) mass is 309 g/mol. The second kappa shape index (κ2) is 6.67. The molecule has 1 aromatic heterocycles. The molecule has 2 N–H and O–H groups in total. The number of halogens is 1. The number of hydrogen-bond donors (Lipinski definition) is 2. The lowest BCUT2D eigenvalue weighted by atomic mass is 10.0. The Kier molecular flexibility index (Phi) is 4.90. The summed E-state index contributed by atoms with van der Waals surface area (Å²) in [4.78, 5) is 23.5. The van der Waals surface area contributed by atoms with E-state index < -0.39 is 11.9 Å². The second-order valence-corrected chi connectivity index (χ2v) is 5.91. The quantitative estimate of drug-likeness (QED) is 0.860. The molecule has 112 valence electrons. The van der Waals surface area contributed by atoms with E-state index in [9.17, 15) is 14.0 Å². The number of fused-ring (bicyclic) bond motifs is 1. The Morgan fingerprint density at radius 3 is 2.81 bits per heavy atom. The average Bonchev–Trinajstić information content (AvgIpc) is 2.85. The lowest BCUT2D eigenvalue weighted by Gasteiger charge is -2.11. The summed E-state index contributed by atoms with van der Waals surface area (Å²) in [7, 11) is 0. The van der Waals surface area contributed by atoms with Crippen molar-refractivity contribution in [2.75, 3.05) is 6.54 Å². The number of rotatable bonds is 6. The molecule has 1 amide bonds. The zero-order valence-electron chi connectivity index (χ0n) is 11.6. The van der Waals surface area contributed by atoms with E-state index in [1.54, 1.807) is 12.1 Å². The van der Waals surface area contributed by atoms with Gasteiger partial charge >= 0.3 is 5.97 Å². The van der Waals surface area contributed by atoms with Crippen molar-refractivity contribution in [1.29, 1.82) is 0 Å². The van der Waals surface area contributed by atoms with Crippen LogP contribution in [0.5, 0.6) is 0 Å². The molecule has 0 spiro atoms. The maximum atomic E-state index is 13.1. The molecule has 1 unspecified atom stereocenters. The normalized spacial score (nSPS) is 12.3. The molecule has 0 radical (unpaired) electrons. The molecule has 6 heteroatoms. The average molecular weight is 309 g/mol. The molecule has 0 bridgehead atoms. The van der Waals surface area contributed by atoms with Gasteiger partial charge in [-0.25, -0.2) is 4.39 Å². The van der Waals surface area contributed by atoms with E-state index in [4.69, 9.17) is 5.11 Å².